The van der Waals surface area contributed by atoms with E-state index in [0.29, 0.717) is 12.1 Å². The van der Waals surface area contributed by atoms with E-state index in [1.165, 1.54) is 17.4 Å². The number of aromatic nitrogens is 1. The lowest BCUT2D eigenvalue weighted by Crippen LogP contribution is -1.98. The molecule has 0 unspecified atom stereocenters. The van der Waals surface area contributed by atoms with Crippen molar-refractivity contribution in [2.45, 2.75) is 6.54 Å². The smallest absolute Gasteiger partial charge is 0.293 e. The zero-order valence-electron chi connectivity index (χ0n) is 9.75. The van der Waals surface area contributed by atoms with Gasteiger partial charge in [0.25, 0.3) is 5.69 Å². The van der Waals surface area contributed by atoms with Crippen LogP contribution in [0, 0.1) is 10.1 Å². The monoisotopic (exact) mass is 292 g/mol. The fraction of sp³-hybridized carbons (Fsp3) is 0.0769. The summed E-state index contributed by atoms with van der Waals surface area (Å²) in [4.78, 5) is 11.8. The van der Waals surface area contributed by atoms with Crippen LogP contribution in [0.15, 0.2) is 42.6 Å². The number of para-hydroxylation sites is 1. The second-order valence-corrected chi connectivity index (χ2v) is 5.92. The lowest BCUT2D eigenvalue weighted by Gasteiger charge is -2.03. The minimum Gasteiger partial charge on any atom is -0.337 e. The van der Waals surface area contributed by atoms with Gasteiger partial charge in [0.2, 0.25) is 0 Å². The summed E-state index contributed by atoms with van der Waals surface area (Å²) < 4.78 is 2.61. The molecule has 0 amide bonds. The molecule has 0 saturated heterocycles. The number of non-ortho nitro benzene ring substituents is 1. The Labute approximate surface area is 118 Å². The molecule has 3 aromatic rings. The Morgan fingerprint density at radius 2 is 2.11 bits per heavy atom. The van der Waals surface area contributed by atoms with Crippen LogP contribution in [-0.2, 0) is 6.54 Å². The summed E-state index contributed by atoms with van der Waals surface area (Å²) in [5.74, 6) is 0. The number of benzene rings is 1. The van der Waals surface area contributed by atoms with E-state index < -0.39 is 0 Å². The minimum absolute atomic E-state index is 0.130. The maximum absolute atomic E-state index is 11.1. The van der Waals surface area contributed by atoms with E-state index in [0.717, 1.165) is 14.6 Å². The number of nitro groups is 1. The number of nitro benzene ring substituents is 1. The fourth-order valence-corrected chi connectivity index (χ4v) is 3.21. The van der Waals surface area contributed by atoms with Crippen LogP contribution in [-0.4, -0.2) is 9.49 Å². The van der Waals surface area contributed by atoms with Gasteiger partial charge in [-0.1, -0.05) is 23.7 Å². The van der Waals surface area contributed by atoms with E-state index in [1.54, 1.807) is 6.07 Å². The Balaban J connectivity index is 2.11. The molecule has 0 aliphatic heterocycles. The van der Waals surface area contributed by atoms with E-state index in [9.17, 15) is 10.1 Å². The Morgan fingerprint density at radius 3 is 2.79 bits per heavy atom. The summed E-state index contributed by atoms with van der Waals surface area (Å²) >= 11 is 7.39. The molecule has 3 rings (SSSR count). The van der Waals surface area contributed by atoms with Crippen LogP contribution < -0.4 is 0 Å². The van der Waals surface area contributed by atoms with E-state index in [1.807, 2.05) is 35.0 Å². The number of hydrogen-bond acceptors (Lipinski definition) is 3. The minimum atomic E-state index is -0.347. The number of halogens is 1. The quantitative estimate of drug-likeness (QED) is 0.533. The molecule has 0 saturated carbocycles. The molecule has 6 heteroatoms. The lowest BCUT2D eigenvalue weighted by molar-refractivity contribution is -0.383. The van der Waals surface area contributed by atoms with E-state index in [4.69, 9.17) is 11.6 Å². The molecule has 0 aliphatic rings. The number of thiophene rings is 1. The van der Waals surface area contributed by atoms with Gasteiger partial charge < -0.3 is 4.57 Å². The molecule has 96 valence electrons. The number of nitrogens with zero attached hydrogens (tertiary/aromatic N) is 2. The third kappa shape index (κ3) is 2.22. The lowest BCUT2D eigenvalue weighted by atomic mass is 10.2. The number of rotatable bonds is 3. The van der Waals surface area contributed by atoms with Crippen molar-refractivity contribution in [3.8, 4) is 0 Å². The van der Waals surface area contributed by atoms with Crippen LogP contribution in [0.5, 0.6) is 0 Å². The molecule has 19 heavy (non-hydrogen) atoms. The normalized spacial score (nSPS) is 11.0. The predicted molar refractivity (Wildman–Crippen MR) is 77.0 cm³/mol. The highest BCUT2D eigenvalue weighted by Crippen LogP contribution is 2.29. The zero-order valence-corrected chi connectivity index (χ0v) is 11.3. The van der Waals surface area contributed by atoms with Crippen LogP contribution in [0.1, 0.15) is 4.88 Å². The van der Waals surface area contributed by atoms with Gasteiger partial charge in [0, 0.05) is 22.5 Å². The van der Waals surface area contributed by atoms with Crippen molar-refractivity contribution < 1.29 is 4.92 Å². The van der Waals surface area contributed by atoms with E-state index in [-0.39, 0.29) is 10.6 Å². The fourth-order valence-electron chi connectivity index (χ4n) is 2.12. The number of fused-ring (bicyclic) bond motifs is 1. The molecule has 0 atom stereocenters. The molecule has 0 spiro atoms. The van der Waals surface area contributed by atoms with Crippen molar-refractivity contribution in [2.24, 2.45) is 0 Å². The van der Waals surface area contributed by atoms with Gasteiger partial charge in [-0.3, -0.25) is 10.1 Å². The largest absolute Gasteiger partial charge is 0.337 e. The third-order valence-electron chi connectivity index (χ3n) is 2.92. The van der Waals surface area contributed by atoms with Crippen LogP contribution in [0.4, 0.5) is 5.69 Å². The van der Waals surface area contributed by atoms with Crippen molar-refractivity contribution in [3.63, 3.8) is 0 Å². The summed E-state index contributed by atoms with van der Waals surface area (Å²) in [5.41, 5.74) is 0.780. The molecular formula is C13H9ClN2O2S. The first-order chi connectivity index (χ1) is 9.15. The van der Waals surface area contributed by atoms with E-state index in [2.05, 4.69) is 0 Å². The Kier molecular flexibility index (Phi) is 3.00. The first kappa shape index (κ1) is 12.2. The maximum atomic E-state index is 11.1. The van der Waals surface area contributed by atoms with Gasteiger partial charge in [0.15, 0.2) is 0 Å². The van der Waals surface area contributed by atoms with Gasteiger partial charge in [0.1, 0.15) is 5.52 Å². The van der Waals surface area contributed by atoms with E-state index >= 15 is 0 Å². The summed E-state index contributed by atoms with van der Waals surface area (Å²) in [6, 6.07) is 10.8. The van der Waals surface area contributed by atoms with Crippen molar-refractivity contribution in [2.75, 3.05) is 0 Å². The second-order valence-electron chi connectivity index (χ2n) is 4.12. The highest BCUT2D eigenvalue weighted by molar-refractivity contribution is 7.16. The molecule has 0 radical (unpaired) electrons. The van der Waals surface area contributed by atoms with Crippen molar-refractivity contribution in [1.82, 2.24) is 4.57 Å². The molecule has 4 nitrogen and oxygen atoms in total. The molecule has 2 heterocycles. The summed E-state index contributed by atoms with van der Waals surface area (Å²) in [5, 5.41) is 12.0. The van der Waals surface area contributed by atoms with Crippen LogP contribution in [0.25, 0.3) is 10.9 Å². The predicted octanol–water partition coefficient (Wildman–Crippen LogP) is 4.31. The molecule has 0 N–H and O–H groups in total. The molecule has 0 bridgehead atoms. The molecule has 1 aromatic carbocycles. The average molecular weight is 293 g/mol. The second kappa shape index (κ2) is 4.68. The van der Waals surface area contributed by atoms with Gasteiger partial charge in [-0.2, -0.15) is 0 Å². The van der Waals surface area contributed by atoms with Gasteiger partial charge in [0.05, 0.1) is 15.8 Å². The number of hydrogen-bond donors (Lipinski definition) is 0. The average Bonchev–Trinajstić information content (AvgIpc) is 2.97. The summed E-state index contributed by atoms with van der Waals surface area (Å²) in [6.45, 7) is 0.589. The Bertz CT molecular complexity index is 763. The van der Waals surface area contributed by atoms with Crippen molar-refractivity contribution in [3.05, 3.63) is 61.9 Å². The third-order valence-corrected chi connectivity index (χ3v) is 4.13. The molecule has 0 fully saturated rings. The van der Waals surface area contributed by atoms with Crippen LogP contribution >= 0.6 is 22.9 Å². The first-order valence-electron chi connectivity index (χ1n) is 5.61. The summed E-state index contributed by atoms with van der Waals surface area (Å²) in [6.07, 6.45) is 1.87. The molecule has 0 aliphatic carbocycles. The van der Waals surface area contributed by atoms with Crippen LogP contribution in [0.2, 0.25) is 4.34 Å². The Morgan fingerprint density at radius 1 is 1.26 bits per heavy atom. The van der Waals surface area contributed by atoms with Crippen molar-refractivity contribution >= 4 is 39.5 Å². The SMILES string of the molecule is O=[N+]([O-])c1cccc2ccn(Cc3ccc(Cl)s3)c12. The van der Waals surface area contributed by atoms with Gasteiger partial charge in [-0.25, -0.2) is 0 Å². The van der Waals surface area contributed by atoms with Gasteiger partial charge in [-0.15, -0.1) is 11.3 Å². The van der Waals surface area contributed by atoms with Gasteiger partial charge >= 0.3 is 0 Å². The van der Waals surface area contributed by atoms with Gasteiger partial charge in [-0.05, 0) is 18.2 Å². The summed E-state index contributed by atoms with van der Waals surface area (Å²) in [7, 11) is 0. The highest BCUT2D eigenvalue weighted by atomic mass is 35.5. The van der Waals surface area contributed by atoms with Crippen LogP contribution in [0.3, 0.4) is 0 Å². The first-order valence-corrected chi connectivity index (χ1v) is 6.81. The zero-order chi connectivity index (χ0) is 13.4. The molecular weight excluding hydrogens is 284 g/mol. The highest BCUT2D eigenvalue weighted by Gasteiger charge is 2.15. The molecule has 2 aromatic heterocycles. The topological polar surface area (TPSA) is 48.1 Å². The Hall–Kier alpha value is -1.85. The standard InChI is InChI=1S/C13H9ClN2O2S/c14-12-5-4-10(19-12)8-15-7-6-9-2-1-3-11(13(9)15)16(17)18/h1-7H,8H2. The van der Waals surface area contributed by atoms with Crippen molar-refractivity contribution in [1.29, 1.82) is 0 Å². The maximum Gasteiger partial charge on any atom is 0.293 e.